The minimum absolute atomic E-state index is 0.252. The molecule has 2 unspecified atom stereocenters. The molecular weight excluding hydrogens is 264 g/mol. The van der Waals surface area contributed by atoms with Crippen molar-refractivity contribution in [2.45, 2.75) is 58.9 Å². The Hall–Kier alpha value is -1.36. The van der Waals surface area contributed by atoms with Gasteiger partial charge in [0, 0.05) is 37.1 Å². The maximum Gasteiger partial charge on any atom is 0.135 e. The van der Waals surface area contributed by atoms with E-state index in [9.17, 15) is 5.11 Å². The highest BCUT2D eigenvalue weighted by atomic mass is 16.3. The molecule has 1 aromatic heterocycles. The molecule has 1 heterocycles. The van der Waals surface area contributed by atoms with Gasteiger partial charge in [0.25, 0.3) is 0 Å². The number of rotatable bonds is 6. The standard InChI is InChI=1S/C16H28N4O/c1-4-14-19-15(17-5-2)11(3)16(20-14)18-13-9-7-6-8-12(13)10-21/h12-13,21H,4-10H2,1-3H3,(H2,17,18,19,20). The number of aromatic nitrogens is 2. The van der Waals surface area contributed by atoms with Crippen LogP contribution < -0.4 is 10.6 Å². The Balaban J connectivity index is 2.23. The van der Waals surface area contributed by atoms with E-state index in [2.05, 4.69) is 41.4 Å². The highest BCUT2D eigenvalue weighted by molar-refractivity contribution is 5.57. The van der Waals surface area contributed by atoms with E-state index in [4.69, 9.17) is 0 Å². The van der Waals surface area contributed by atoms with Crippen LogP contribution in [0.4, 0.5) is 11.6 Å². The average molecular weight is 292 g/mol. The minimum atomic E-state index is 0.252. The molecule has 0 radical (unpaired) electrons. The van der Waals surface area contributed by atoms with E-state index in [0.717, 1.165) is 48.8 Å². The van der Waals surface area contributed by atoms with Crippen molar-refractivity contribution in [2.75, 3.05) is 23.8 Å². The predicted molar refractivity (Wildman–Crippen MR) is 86.8 cm³/mol. The van der Waals surface area contributed by atoms with Crippen LogP contribution in [0.2, 0.25) is 0 Å². The summed E-state index contributed by atoms with van der Waals surface area (Å²) >= 11 is 0. The Morgan fingerprint density at radius 1 is 1.14 bits per heavy atom. The molecule has 1 aromatic rings. The van der Waals surface area contributed by atoms with Crippen molar-refractivity contribution in [1.29, 1.82) is 0 Å². The van der Waals surface area contributed by atoms with Crippen LogP contribution >= 0.6 is 0 Å². The summed E-state index contributed by atoms with van der Waals surface area (Å²) in [5.41, 5.74) is 1.07. The lowest BCUT2D eigenvalue weighted by molar-refractivity contribution is 0.178. The second kappa shape index (κ2) is 7.59. The van der Waals surface area contributed by atoms with E-state index >= 15 is 0 Å². The second-order valence-corrected chi connectivity index (χ2v) is 5.82. The zero-order valence-electron chi connectivity index (χ0n) is 13.4. The molecule has 0 amide bonds. The van der Waals surface area contributed by atoms with Crippen LogP contribution in [0.3, 0.4) is 0 Å². The van der Waals surface area contributed by atoms with Crippen molar-refractivity contribution in [3.8, 4) is 0 Å². The first-order chi connectivity index (χ1) is 10.2. The van der Waals surface area contributed by atoms with Crippen LogP contribution in [0, 0.1) is 12.8 Å². The molecule has 5 heteroatoms. The first-order valence-electron chi connectivity index (χ1n) is 8.18. The lowest BCUT2D eigenvalue weighted by atomic mass is 9.85. The third-order valence-corrected chi connectivity index (χ3v) is 4.32. The number of aliphatic hydroxyl groups is 1. The van der Waals surface area contributed by atoms with Crippen molar-refractivity contribution < 1.29 is 5.11 Å². The fourth-order valence-corrected chi connectivity index (χ4v) is 2.99. The summed E-state index contributed by atoms with van der Waals surface area (Å²) in [5, 5.41) is 16.4. The molecule has 0 aliphatic heterocycles. The molecule has 0 saturated heterocycles. The Morgan fingerprint density at radius 2 is 1.86 bits per heavy atom. The molecule has 5 nitrogen and oxygen atoms in total. The number of aryl methyl sites for hydroxylation is 1. The molecular formula is C16H28N4O. The Labute approximate surface area is 127 Å². The molecule has 0 bridgehead atoms. The maximum absolute atomic E-state index is 9.56. The van der Waals surface area contributed by atoms with E-state index in [0.29, 0.717) is 12.0 Å². The minimum Gasteiger partial charge on any atom is -0.396 e. The SMILES string of the molecule is CCNc1nc(CC)nc(NC2CCCCC2CO)c1C. The van der Waals surface area contributed by atoms with Crippen molar-refractivity contribution in [3.63, 3.8) is 0 Å². The summed E-state index contributed by atoms with van der Waals surface area (Å²) in [5.74, 6) is 3.03. The summed E-state index contributed by atoms with van der Waals surface area (Å²) in [6.07, 6.45) is 5.46. The lowest BCUT2D eigenvalue weighted by Crippen LogP contribution is -2.35. The van der Waals surface area contributed by atoms with Gasteiger partial charge in [-0.2, -0.15) is 0 Å². The van der Waals surface area contributed by atoms with Crippen LogP contribution in [0.1, 0.15) is 50.9 Å². The van der Waals surface area contributed by atoms with Crippen molar-refractivity contribution in [3.05, 3.63) is 11.4 Å². The van der Waals surface area contributed by atoms with Gasteiger partial charge in [0.1, 0.15) is 17.5 Å². The molecule has 1 aliphatic carbocycles. The Bertz CT molecular complexity index is 464. The van der Waals surface area contributed by atoms with Crippen LogP contribution in [0.15, 0.2) is 0 Å². The van der Waals surface area contributed by atoms with Gasteiger partial charge in [-0.3, -0.25) is 0 Å². The van der Waals surface area contributed by atoms with Crippen LogP contribution in [-0.2, 0) is 6.42 Å². The van der Waals surface area contributed by atoms with Gasteiger partial charge in [0.05, 0.1) is 0 Å². The van der Waals surface area contributed by atoms with Crippen molar-refractivity contribution in [2.24, 2.45) is 5.92 Å². The monoisotopic (exact) mass is 292 g/mol. The van der Waals surface area contributed by atoms with Gasteiger partial charge in [0.15, 0.2) is 0 Å². The predicted octanol–water partition coefficient (Wildman–Crippen LogP) is 2.74. The molecule has 0 aromatic carbocycles. The van der Waals surface area contributed by atoms with Gasteiger partial charge in [-0.15, -0.1) is 0 Å². The topological polar surface area (TPSA) is 70.1 Å². The summed E-state index contributed by atoms with van der Waals surface area (Å²) in [4.78, 5) is 9.21. The van der Waals surface area contributed by atoms with Gasteiger partial charge in [-0.1, -0.05) is 19.8 Å². The zero-order chi connectivity index (χ0) is 15.2. The third-order valence-electron chi connectivity index (χ3n) is 4.32. The summed E-state index contributed by atoms with van der Waals surface area (Å²) in [6.45, 7) is 7.30. The highest BCUT2D eigenvalue weighted by Crippen LogP contribution is 2.29. The summed E-state index contributed by atoms with van der Waals surface area (Å²) in [7, 11) is 0. The number of hydrogen-bond acceptors (Lipinski definition) is 5. The maximum atomic E-state index is 9.56. The normalized spacial score (nSPS) is 22.1. The van der Waals surface area contributed by atoms with E-state index < -0.39 is 0 Å². The number of aliphatic hydroxyl groups excluding tert-OH is 1. The Morgan fingerprint density at radius 3 is 2.52 bits per heavy atom. The quantitative estimate of drug-likeness (QED) is 0.752. The van der Waals surface area contributed by atoms with E-state index in [1.54, 1.807) is 0 Å². The van der Waals surface area contributed by atoms with Crippen LogP contribution in [0.25, 0.3) is 0 Å². The zero-order valence-corrected chi connectivity index (χ0v) is 13.4. The van der Waals surface area contributed by atoms with E-state index in [1.165, 1.54) is 12.8 Å². The van der Waals surface area contributed by atoms with Gasteiger partial charge >= 0.3 is 0 Å². The molecule has 118 valence electrons. The molecule has 1 aliphatic rings. The fraction of sp³-hybridized carbons (Fsp3) is 0.750. The first kappa shape index (κ1) is 16.0. The molecule has 0 spiro atoms. The smallest absolute Gasteiger partial charge is 0.135 e. The average Bonchev–Trinajstić information content (AvgIpc) is 2.51. The fourth-order valence-electron chi connectivity index (χ4n) is 2.99. The Kier molecular flexibility index (Phi) is 5.79. The van der Waals surface area contributed by atoms with E-state index in [1.807, 2.05) is 0 Å². The first-order valence-corrected chi connectivity index (χ1v) is 8.18. The molecule has 21 heavy (non-hydrogen) atoms. The van der Waals surface area contributed by atoms with Gasteiger partial charge in [-0.05, 0) is 26.7 Å². The third kappa shape index (κ3) is 3.84. The van der Waals surface area contributed by atoms with Gasteiger partial charge in [0.2, 0.25) is 0 Å². The van der Waals surface area contributed by atoms with Crippen molar-refractivity contribution >= 4 is 11.6 Å². The second-order valence-electron chi connectivity index (χ2n) is 5.82. The van der Waals surface area contributed by atoms with E-state index in [-0.39, 0.29) is 6.61 Å². The summed E-state index contributed by atoms with van der Waals surface area (Å²) in [6, 6.07) is 0.316. The number of nitrogens with zero attached hydrogens (tertiary/aromatic N) is 2. The molecule has 2 atom stereocenters. The highest BCUT2D eigenvalue weighted by Gasteiger charge is 2.25. The molecule has 1 fully saturated rings. The number of nitrogens with one attached hydrogen (secondary N) is 2. The molecule has 2 rings (SSSR count). The van der Waals surface area contributed by atoms with Crippen LogP contribution in [-0.4, -0.2) is 34.3 Å². The van der Waals surface area contributed by atoms with Crippen LogP contribution in [0.5, 0.6) is 0 Å². The number of hydrogen-bond donors (Lipinski definition) is 3. The molecule has 3 N–H and O–H groups in total. The number of anilines is 2. The summed E-state index contributed by atoms with van der Waals surface area (Å²) < 4.78 is 0. The van der Waals surface area contributed by atoms with Gasteiger partial charge in [-0.25, -0.2) is 9.97 Å². The van der Waals surface area contributed by atoms with Crippen molar-refractivity contribution in [1.82, 2.24) is 9.97 Å². The lowest BCUT2D eigenvalue weighted by Gasteiger charge is -2.32. The largest absolute Gasteiger partial charge is 0.396 e. The van der Waals surface area contributed by atoms with Gasteiger partial charge < -0.3 is 15.7 Å². The molecule has 1 saturated carbocycles.